The number of fused-ring (bicyclic) bond motifs is 4. The molecular formula is C43H47F3N10O2. The fourth-order valence-corrected chi connectivity index (χ4v) is 8.33. The van der Waals surface area contributed by atoms with Gasteiger partial charge >= 0.3 is 0 Å². The number of alkyl halides is 1. The number of aromatic nitrogens is 7. The molecule has 2 aliphatic heterocycles. The average molecular weight is 793 g/mol. The van der Waals surface area contributed by atoms with Gasteiger partial charge in [0.15, 0.2) is 17.5 Å². The number of ether oxygens (including phenoxy) is 1. The third-order valence-electron chi connectivity index (χ3n) is 11.0. The zero-order valence-corrected chi connectivity index (χ0v) is 33.3. The summed E-state index contributed by atoms with van der Waals surface area (Å²) in [4.78, 5) is 40.6. The Morgan fingerprint density at radius 3 is 2.50 bits per heavy atom. The summed E-state index contributed by atoms with van der Waals surface area (Å²) in [6.07, 6.45) is 5.86. The number of unbranched alkanes of at least 4 members (excludes halogenated alkanes) is 2. The number of para-hydroxylation sites is 1. The molecule has 0 saturated heterocycles. The van der Waals surface area contributed by atoms with Crippen molar-refractivity contribution < 1.29 is 22.7 Å². The van der Waals surface area contributed by atoms with E-state index >= 15 is 13.2 Å². The zero-order chi connectivity index (χ0) is 40.7. The van der Waals surface area contributed by atoms with E-state index in [4.69, 9.17) is 14.7 Å². The van der Waals surface area contributed by atoms with Crippen molar-refractivity contribution in [2.24, 2.45) is 0 Å². The summed E-state index contributed by atoms with van der Waals surface area (Å²) < 4.78 is 53.3. The normalized spacial score (nSPS) is 17.2. The average Bonchev–Trinajstić information content (AvgIpc) is 3.85. The Balaban J connectivity index is 0.921. The Morgan fingerprint density at radius 1 is 0.983 bits per heavy atom. The molecule has 302 valence electrons. The maximum atomic E-state index is 16.1. The van der Waals surface area contributed by atoms with E-state index in [-0.39, 0.29) is 43.0 Å². The third kappa shape index (κ3) is 7.62. The maximum Gasteiger partial charge on any atom is 0.247 e. The molecule has 0 radical (unpaired) electrons. The van der Waals surface area contributed by atoms with Crippen molar-refractivity contribution in [3.8, 4) is 28.5 Å². The van der Waals surface area contributed by atoms with Gasteiger partial charge < -0.3 is 14.6 Å². The highest BCUT2D eigenvalue weighted by Gasteiger charge is 2.41. The number of carbonyl (C=O) groups excluding carboxylic acids is 1. The fourth-order valence-electron chi connectivity index (χ4n) is 8.33. The van der Waals surface area contributed by atoms with Crippen LogP contribution in [0.15, 0.2) is 61.1 Å². The lowest BCUT2D eigenvalue weighted by molar-refractivity contribution is -0.117. The summed E-state index contributed by atoms with van der Waals surface area (Å²) in [6.45, 7) is 10.2. The lowest BCUT2D eigenvalue weighted by Gasteiger charge is -2.43. The molecule has 0 aliphatic carbocycles. The molecule has 2 atom stereocenters. The van der Waals surface area contributed by atoms with Crippen molar-refractivity contribution in [3.05, 3.63) is 95.2 Å². The van der Waals surface area contributed by atoms with Crippen molar-refractivity contribution in [2.45, 2.75) is 78.1 Å². The molecule has 8 rings (SSSR count). The molecule has 0 unspecified atom stereocenters. The number of amides is 1. The first-order valence-electron chi connectivity index (χ1n) is 19.8. The first-order valence-corrected chi connectivity index (χ1v) is 19.8. The maximum absolute atomic E-state index is 16.1. The number of pyridine rings is 1. The minimum atomic E-state index is -1.59. The van der Waals surface area contributed by atoms with Gasteiger partial charge in [0.2, 0.25) is 5.91 Å². The topological polar surface area (TPSA) is 132 Å². The first-order chi connectivity index (χ1) is 27.9. The van der Waals surface area contributed by atoms with Gasteiger partial charge in [0.05, 0.1) is 31.1 Å². The summed E-state index contributed by atoms with van der Waals surface area (Å²) in [6, 6.07) is 13.0. The fraction of sp³-hybridized carbons (Fsp3) is 0.395. The van der Waals surface area contributed by atoms with Crippen molar-refractivity contribution in [2.75, 3.05) is 42.6 Å². The van der Waals surface area contributed by atoms with E-state index in [1.807, 2.05) is 67.0 Å². The number of benzene rings is 2. The molecule has 2 aliphatic rings. The molecule has 2 aromatic carbocycles. The monoisotopic (exact) mass is 792 g/mol. The van der Waals surface area contributed by atoms with Crippen molar-refractivity contribution >= 4 is 28.4 Å². The van der Waals surface area contributed by atoms with Crippen molar-refractivity contribution in [1.29, 1.82) is 0 Å². The van der Waals surface area contributed by atoms with Crippen LogP contribution in [0.3, 0.4) is 0 Å². The van der Waals surface area contributed by atoms with Gasteiger partial charge in [-0.05, 0) is 84.1 Å². The standard InChI is InChI=1S/C43H47F3N10O2/c1-6-55-36(57)22-54(41-42(55)52-35(21-47-41)28-14-15-34(50-26(28)3)40-48-24-49-53-40)16-10-7-11-17-58-27-19-31(44)37(32(45)20-27)39-38-30(29-12-8-9-13-33(29)51-38)18-25(2)56(39)23-43(4,5)46/h8-9,12-15,19-21,24-25,39,51H,6-7,10-11,16-18,22-23H2,1-5H3,(H,48,49,53)/t25-,39-/m1/s1. The van der Waals surface area contributed by atoms with Crippen LogP contribution in [0.25, 0.3) is 33.7 Å². The number of nitrogens with zero attached hydrogens (tertiary/aromatic N) is 8. The highest BCUT2D eigenvalue weighted by atomic mass is 19.1. The van der Waals surface area contributed by atoms with Crippen molar-refractivity contribution in [1.82, 2.24) is 40.0 Å². The van der Waals surface area contributed by atoms with E-state index in [1.54, 1.807) is 11.1 Å². The summed E-state index contributed by atoms with van der Waals surface area (Å²) in [5.74, 6) is 0.255. The molecule has 0 bridgehead atoms. The largest absolute Gasteiger partial charge is 0.493 e. The SMILES string of the molecule is CCN1C(=O)CN(CCCCCOc2cc(F)c([C@@H]3c4[nH]c5ccccc5c4C[C@@H](C)N3CC(C)(C)F)c(F)c2)c2ncc(-c3ccc(-c4ncn[nH]4)nc3C)nc21. The summed E-state index contributed by atoms with van der Waals surface area (Å²) >= 11 is 0. The van der Waals surface area contributed by atoms with Gasteiger partial charge in [0.1, 0.15) is 35.1 Å². The number of aryl methyl sites for hydroxylation is 1. The minimum absolute atomic E-state index is 0.00426. The summed E-state index contributed by atoms with van der Waals surface area (Å²) in [5.41, 5.74) is 3.64. The Bertz CT molecular complexity index is 2420. The van der Waals surface area contributed by atoms with Crippen LogP contribution < -0.4 is 14.5 Å². The van der Waals surface area contributed by atoms with Gasteiger partial charge in [-0.1, -0.05) is 18.2 Å². The van der Waals surface area contributed by atoms with Crippen LogP contribution in [0.4, 0.5) is 24.8 Å². The van der Waals surface area contributed by atoms with E-state index in [2.05, 4.69) is 25.1 Å². The van der Waals surface area contributed by atoms with Gasteiger partial charge in [-0.25, -0.2) is 33.1 Å². The van der Waals surface area contributed by atoms with Gasteiger partial charge in [0, 0.05) is 71.2 Å². The molecule has 6 heterocycles. The lowest BCUT2D eigenvalue weighted by Crippen LogP contribution is -2.48. The second-order valence-electron chi connectivity index (χ2n) is 15.7. The van der Waals surface area contributed by atoms with E-state index < -0.39 is 23.3 Å². The van der Waals surface area contributed by atoms with Crippen LogP contribution in [0.2, 0.25) is 0 Å². The van der Waals surface area contributed by atoms with Crippen LogP contribution >= 0.6 is 0 Å². The zero-order valence-electron chi connectivity index (χ0n) is 33.3. The smallest absolute Gasteiger partial charge is 0.247 e. The van der Waals surface area contributed by atoms with Crippen molar-refractivity contribution in [3.63, 3.8) is 0 Å². The summed E-state index contributed by atoms with van der Waals surface area (Å²) in [7, 11) is 0. The predicted octanol–water partition coefficient (Wildman–Crippen LogP) is 7.90. The Morgan fingerprint density at radius 2 is 1.78 bits per heavy atom. The molecule has 0 spiro atoms. The first kappa shape index (κ1) is 39.0. The van der Waals surface area contributed by atoms with Gasteiger partial charge in [-0.2, -0.15) is 5.10 Å². The molecule has 58 heavy (non-hydrogen) atoms. The number of hydrogen-bond donors (Lipinski definition) is 2. The molecular weight excluding hydrogens is 746 g/mol. The molecule has 6 aromatic rings. The van der Waals surface area contributed by atoms with Crippen LogP contribution in [0.1, 0.15) is 75.5 Å². The van der Waals surface area contributed by atoms with Gasteiger partial charge in [-0.15, -0.1) is 0 Å². The highest BCUT2D eigenvalue weighted by Crippen LogP contribution is 2.44. The number of aromatic amines is 2. The number of carbonyl (C=O) groups is 1. The second kappa shape index (κ2) is 15.8. The second-order valence-corrected chi connectivity index (χ2v) is 15.7. The Labute approximate surface area is 334 Å². The van der Waals surface area contributed by atoms with Crippen LogP contribution in [0, 0.1) is 18.6 Å². The summed E-state index contributed by atoms with van der Waals surface area (Å²) in [5, 5.41) is 7.73. The number of anilines is 2. The number of H-pyrrole nitrogens is 2. The van der Waals surface area contributed by atoms with E-state index in [0.29, 0.717) is 60.5 Å². The van der Waals surface area contributed by atoms with Gasteiger partial charge in [0.25, 0.3) is 0 Å². The number of likely N-dealkylation sites (N-methyl/N-ethyl adjacent to an activating group) is 1. The van der Waals surface area contributed by atoms with E-state index in [0.717, 1.165) is 40.6 Å². The minimum Gasteiger partial charge on any atom is -0.493 e. The van der Waals surface area contributed by atoms with Crippen LogP contribution in [-0.2, 0) is 11.2 Å². The van der Waals surface area contributed by atoms with Crippen LogP contribution in [0.5, 0.6) is 5.75 Å². The quantitative estimate of drug-likeness (QED) is 0.112. The number of rotatable bonds is 13. The molecule has 12 nitrogen and oxygen atoms in total. The number of halogens is 3. The molecule has 2 N–H and O–H groups in total. The molecule has 1 amide bonds. The molecule has 0 fully saturated rings. The van der Waals surface area contributed by atoms with Crippen LogP contribution in [-0.4, -0.2) is 90.4 Å². The van der Waals surface area contributed by atoms with E-state index in [1.165, 1.54) is 32.3 Å². The number of hydrogen-bond acceptors (Lipinski definition) is 9. The lowest BCUT2D eigenvalue weighted by atomic mass is 9.87. The predicted molar refractivity (Wildman–Crippen MR) is 217 cm³/mol. The third-order valence-corrected chi connectivity index (χ3v) is 11.0. The molecule has 4 aromatic heterocycles. The Kier molecular flexibility index (Phi) is 10.7. The highest BCUT2D eigenvalue weighted by molar-refractivity contribution is 6.01. The Hall–Kier alpha value is -5.83. The molecule has 0 saturated carbocycles. The molecule has 15 heteroatoms. The van der Waals surface area contributed by atoms with E-state index in [9.17, 15) is 4.79 Å². The number of nitrogens with one attached hydrogen (secondary N) is 2. The van der Waals surface area contributed by atoms with Gasteiger partial charge in [-0.3, -0.25) is 19.7 Å².